The molecule has 1 saturated heterocycles. The van der Waals surface area contributed by atoms with E-state index in [1.165, 1.54) is 4.90 Å². The standard InChI is InChI=1S/C14H17BrN2O2/c1-3-9(2)17-13(18)8-12(14(17)19)16-11-6-4-10(15)5-7-11/h4-7,9,12,16H,3,8H2,1-2H3. The summed E-state index contributed by atoms with van der Waals surface area (Å²) in [7, 11) is 0. The molecular weight excluding hydrogens is 308 g/mol. The van der Waals surface area contributed by atoms with Crippen molar-refractivity contribution in [2.75, 3.05) is 5.32 Å². The minimum atomic E-state index is -0.442. The fraction of sp³-hybridized carbons (Fsp3) is 0.429. The van der Waals surface area contributed by atoms with Crippen LogP contribution in [0.2, 0.25) is 0 Å². The number of imide groups is 1. The van der Waals surface area contributed by atoms with Crippen LogP contribution in [-0.4, -0.2) is 28.8 Å². The molecule has 102 valence electrons. The van der Waals surface area contributed by atoms with Crippen LogP contribution < -0.4 is 5.32 Å². The lowest BCUT2D eigenvalue weighted by Crippen LogP contribution is -2.40. The quantitative estimate of drug-likeness (QED) is 0.866. The summed E-state index contributed by atoms with van der Waals surface area (Å²) in [4.78, 5) is 25.5. The molecule has 4 nitrogen and oxygen atoms in total. The van der Waals surface area contributed by atoms with E-state index < -0.39 is 6.04 Å². The summed E-state index contributed by atoms with van der Waals surface area (Å²) in [5, 5.41) is 3.12. The lowest BCUT2D eigenvalue weighted by molar-refractivity contribution is -0.140. The molecule has 1 aliphatic rings. The summed E-state index contributed by atoms with van der Waals surface area (Å²) in [6.07, 6.45) is 1.02. The van der Waals surface area contributed by atoms with E-state index in [-0.39, 0.29) is 24.3 Å². The van der Waals surface area contributed by atoms with Crippen molar-refractivity contribution in [3.05, 3.63) is 28.7 Å². The first-order valence-corrected chi connectivity index (χ1v) is 7.20. The maximum absolute atomic E-state index is 12.2. The van der Waals surface area contributed by atoms with Gasteiger partial charge in [-0.3, -0.25) is 14.5 Å². The van der Waals surface area contributed by atoms with Crippen LogP contribution in [0.5, 0.6) is 0 Å². The number of anilines is 1. The van der Waals surface area contributed by atoms with Crippen molar-refractivity contribution in [2.45, 2.75) is 38.8 Å². The van der Waals surface area contributed by atoms with Crippen LogP contribution in [0.25, 0.3) is 0 Å². The molecule has 0 aliphatic carbocycles. The number of likely N-dealkylation sites (tertiary alicyclic amines) is 1. The minimum absolute atomic E-state index is 0.0308. The van der Waals surface area contributed by atoms with Crippen LogP contribution in [0.15, 0.2) is 28.7 Å². The van der Waals surface area contributed by atoms with Crippen LogP contribution in [-0.2, 0) is 9.59 Å². The summed E-state index contributed by atoms with van der Waals surface area (Å²) in [5.74, 6) is -0.212. The van der Waals surface area contributed by atoms with Crippen LogP contribution in [0.3, 0.4) is 0 Å². The largest absolute Gasteiger partial charge is 0.373 e. The van der Waals surface area contributed by atoms with Crippen LogP contribution >= 0.6 is 15.9 Å². The van der Waals surface area contributed by atoms with E-state index in [9.17, 15) is 9.59 Å². The molecule has 2 amide bonds. The Labute approximate surface area is 121 Å². The Balaban J connectivity index is 2.09. The smallest absolute Gasteiger partial charge is 0.252 e. The lowest BCUT2D eigenvalue weighted by atomic mass is 10.2. The molecule has 1 fully saturated rings. The highest BCUT2D eigenvalue weighted by atomic mass is 79.9. The summed E-state index contributed by atoms with van der Waals surface area (Å²) < 4.78 is 0.980. The Morgan fingerprint density at radius 1 is 1.37 bits per heavy atom. The van der Waals surface area contributed by atoms with Gasteiger partial charge in [0, 0.05) is 16.2 Å². The fourth-order valence-corrected chi connectivity index (χ4v) is 2.42. The van der Waals surface area contributed by atoms with Gasteiger partial charge in [-0.15, -0.1) is 0 Å². The van der Waals surface area contributed by atoms with Gasteiger partial charge in [-0.2, -0.15) is 0 Å². The van der Waals surface area contributed by atoms with E-state index in [0.717, 1.165) is 16.6 Å². The van der Waals surface area contributed by atoms with Crippen LogP contribution in [0.4, 0.5) is 5.69 Å². The second-order valence-corrected chi connectivity index (χ2v) is 5.68. The Morgan fingerprint density at radius 2 is 2.00 bits per heavy atom. The second-order valence-electron chi connectivity index (χ2n) is 4.77. The Morgan fingerprint density at radius 3 is 2.58 bits per heavy atom. The molecule has 0 saturated carbocycles. The third-order valence-electron chi connectivity index (χ3n) is 3.40. The first-order chi connectivity index (χ1) is 9.02. The molecule has 2 unspecified atom stereocenters. The molecular formula is C14H17BrN2O2. The molecule has 1 aromatic carbocycles. The molecule has 19 heavy (non-hydrogen) atoms. The van der Waals surface area contributed by atoms with Gasteiger partial charge < -0.3 is 5.32 Å². The van der Waals surface area contributed by atoms with Crippen molar-refractivity contribution in [3.8, 4) is 0 Å². The third kappa shape index (κ3) is 2.97. The van der Waals surface area contributed by atoms with Crippen molar-refractivity contribution in [1.29, 1.82) is 0 Å². The number of amides is 2. The van der Waals surface area contributed by atoms with Gasteiger partial charge in [0.1, 0.15) is 6.04 Å². The molecule has 2 atom stereocenters. The molecule has 1 aliphatic heterocycles. The van der Waals surface area contributed by atoms with Gasteiger partial charge in [0.15, 0.2) is 0 Å². The molecule has 2 rings (SSSR count). The predicted octanol–water partition coefficient (Wildman–Crippen LogP) is 2.79. The number of halogens is 1. The molecule has 5 heteroatoms. The Hall–Kier alpha value is -1.36. The number of carbonyl (C=O) groups excluding carboxylic acids is 2. The zero-order chi connectivity index (χ0) is 14.0. The van der Waals surface area contributed by atoms with Crippen molar-refractivity contribution >= 4 is 33.4 Å². The number of carbonyl (C=O) groups is 2. The maximum Gasteiger partial charge on any atom is 0.252 e. The monoisotopic (exact) mass is 324 g/mol. The third-order valence-corrected chi connectivity index (χ3v) is 3.93. The summed E-state index contributed by atoms with van der Waals surface area (Å²) >= 11 is 3.36. The summed E-state index contributed by atoms with van der Waals surface area (Å²) in [6, 6.07) is 7.09. The molecule has 0 bridgehead atoms. The van der Waals surface area contributed by atoms with E-state index in [1.54, 1.807) is 0 Å². The molecule has 0 radical (unpaired) electrons. The highest BCUT2D eigenvalue weighted by molar-refractivity contribution is 9.10. The average Bonchev–Trinajstić information content (AvgIpc) is 2.66. The van der Waals surface area contributed by atoms with Gasteiger partial charge in [0.25, 0.3) is 5.91 Å². The first-order valence-electron chi connectivity index (χ1n) is 6.41. The fourth-order valence-electron chi connectivity index (χ4n) is 2.16. The second kappa shape index (κ2) is 5.74. The highest BCUT2D eigenvalue weighted by Crippen LogP contribution is 2.22. The van der Waals surface area contributed by atoms with Gasteiger partial charge in [-0.1, -0.05) is 22.9 Å². The van der Waals surface area contributed by atoms with E-state index in [0.29, 0.717) is 0 Å². The number of nitrogens with zero attached hydrogens (tertiary/aromatic N) is 1. The zero-order valence-corrected chi connectivity index (χ0v) is 12.6. The van der Waals surface area contributed by atoms with Crippen molar-refractivity contribution < 1.29 is 9.59 Å². The number of hydrogen-bond donors (Lipinski definition) is 1. The Bertz CT molecular complexity index is 487. The van der Waals surface area contributed by atoms with E-state index >= 15 is 0 Å². The van der Waals surface area contributed by atoms with Crippen LogP contribution in [0.1, 0.15) is 26.7 Å². The summed E-state index contributed by atoms with van der Waals surface area (Å²) in [5.41, 5.74) is 0.848. The predicted molar refractivity (Wildman–Crippen MR) is 77.8 cm³/mol. The number of rotatable bonds is 4. The first kappa shape index (κ1) is 14.1. The van der Waals surface area contributed by atoms with E-state index in [1.807, 2.05) is 38.1 Å². The highest BCUT2D eigenvalue weighted by Gasteiger charge is 2.40. The molecule has 0 spiro atoms. The number of benzene rings is 1. The number of hydrogen-bond acceptors (Lipinski definition) is 3. The SMILES string of the molecule is CCC(C)N1C(=O)CC(Nc2ccc(Br)cc2)C1=O. The molecule has 1 N–H and O–H groups in total. The zero-order valence-electron chi connectivity index (χ0n) is 11.0. The average molecular weight is 325 g/mol. The lowest BCUT2D eigenvalue weighted by Gasteiger charge is -2.21. The van der Waals surface area contributed by atoms with Gasteiger partial charge in [-0.25, -0.2) is 0 Å². The van der Waals surface area contributed by atoms with Gasteiger partial charge in [-0.05, 0) is 37.6 Å². The molecule has 1 aromatic rings. The Kier molecular flexibility index (Phi) is 4.24. The van der Waals surface area contributed by atoms with E-state index in [4.69, 9.17) is 0 Å². The van der Waals surface area contributed by atoms with Gasteiger partial charge in [0.05, 0.1) is 6.42 Å². The van der Waals surface area contributed by atoms with Crippen molar-refractivity contribution in [1.82, 2.24) is 4.90 Å². The number of nitrogens with one attached hydrogen (secondary N) is 1. The normalized spacial score (nSPS) is 20.8. The topological polar surface area (TPSA) is 49.4 Å². The van der Waals surface area contributed by atoms with Crippen LogP contribution in [0, 0.1) is 0 Å². The van der Waals surface area contributed by atoms with Gasteiger partial charge in [0.2, 0.25) is 5.91 Å². The van der Waals surface area contributed by atoms with E-state index in [2.05, 4.69) is 21.2 Å². The van der Waals surface area contributed by atoms with Gasteiger partial charge >= 0.3 is 0 Å². The molecule has 1 heterocycles. The maximum atomic E-state index is 12.2. The minimum Gasteiger partial charge on any atom is -0.373 e. The van der Waals surface area contributed by atoms with Crippen molar-refractivity contribution in [2.24, 2.45) is 0 Å². The summed E-state index contributed by atoms with van der Waals surface area (Å²) in [6.45, 7) is 3.87. The van der Waals surface area contributed by atoms with Crippen molar-refractivity contribution in [3.63, 3.8) is 0 Å². The molecule has 0 aromatic heterocycles.